The van der Waals surface area contributed by atoms with Gasteiger partial charge in [-0.3, -0.25) is 0 Å². The summed E-state index contributed by atoms with van der Waals surface area (Å²) in [6, 6.07) is 2.76. The molecule has 0 radical (unpaired) electrons. The molecule has 1 aromatic carbocycles. The Balaban J connectivity index is 3.09. The van der Waals surface area contributed by atoms with Gasteiger partial charge in [-0.15, -0.1) is 0 Å². The zero-order valence-corrected chi connectivity index (χ0v) is 9.40. The van der Waals surface area contributed by atoms with E-state index in [9.17, 15) is 8.78 Å². The van der Waals surface area contributed by atoms with E-state index >= 15 is 0 Å². The van der Waals surface area contributed by atoms with Gasteiger partial charge >= 0.3 is 0 Å². The summed E-state index contributed by atoms with van der Waals surface area (Å²) in [5, 5.41) is 0. The van der Waals surface area contributed by atoms with Crippen molar-refractivity contribution < 1.29 is 8.78 Å². The molecule has 1 nitrogen and oxygen atoms in total. The summed E-state index contributed by atoms with van der Waals surface area (Å²) in [5.74, 6) is -0.990. The predicted molar refractivity (Wildman–Crippen MR) is 57.7 cm³/mol. The number of halogens is 2. The van der Waals surface area contributed by atoms with Crippen molar-refractivity contribution >= 4 is 0 Å². The Morgan fingerprint density at radius 3 is 2.00 bits per heavy atom. The number of nitrogens with two attached hydrogens (primary N) is 1. The van der Waals surface area contributed by atoms with Crippen molar-refractivity contribution in [3.8, 4) is 0 Å². The quantitative estimate of drug-likeness (QED) is 0.821. The Morgan fingerprint density at radius 1 is 1.20 bits per heavy atom. The van der Waals surface area contributed by atoms with Gasteiger partial charge in [0.1, 0.15) is 11.6 Å². The first-order valence-electron chi connectivity index (χ1n) is 5.09. The molecule has 0 aromatic heterocycles. The second kappa shape index (κ2) is 4.27. The molecule has 0 aliphatic heterocycles. The monoisotopic (exact) mass is 213 g/mol. The van der Waals surface area contributed by atoms with Crippen LogP contribution in [-0.2, 0) is 12.8 Å². The van der Waals surface area contributed by atoms with E-state index in [-0.39, 0.29) is 12.0 Å². The molecule has 0 unspecified atom stereocenters. The van der Waals surface area contributed by atoms with E-state index in [1.807, 2.05) is 6.92 Å². The molecule has 0 saturated heterocycles. The molecule has 15 heavy (non-hydrogen) atoms. The van der Waals surface area contributed by atoms with E-state index in [2.05, 4.69) is 0 Å². The van der Waals surface area contributed by atoms with Crippen LogP contribution in [0.3, 0.4) is 0 Å². The fraction of sp³-hybridized carbons (Fsp3) is 0.500. The van der Waals surface area contributed by atoms with Crippen molar-refractivity contribution in [2.45, 2.75) is 39.2 Å². The highest BCUT2D eigenvalue weighted by Crippen LogP contribution is 2.20. The smallest absolute Gasteiger partial charge is 0.129 e. The molecule has 0 heterocycles. The Morgan fingerprint density at radius 2 is 1.67 bits per heavy atom. The first-order valence-corrected chi connectivity index (χ1v) is 5.09. The second-order valence-corrected chi connectivity index (χ2v) is 4.56. The Hall–Kier alpha value is -0.960. The van der Waals surface area contributed by atoms with Crippen molar-refractivity contribution in [1.82, 2.24) is 0 Å². The molecule has 1 aromatic rings. The van der Waals surface area contributed by atoms with Crippen molar-refractivity contribution in [3.05, 3.63) is 34.9 Å². The molecule has 0 aliphatic rings. The number of rotatable bonds is 3. The van der Waals surface area contributed by atoms with Crippen LogP contribution in [0.4, 0.5) is 8.78 Å². The third-order valence-corrected chi connectivity index (χ3v) is 2.24. The maximum Gasteiger partial charge on any atom is 0.129 e. The van der Waals surface area contributed by atoms with Gasteiger partial charge in [-0.25, -0.2) is 8.78 Å². The largest absolute Gasteiger partial charge is 0.325 e. The molecule has 0 bridgehead atoms. The zero-order chi connectivity index (χ0) is 11.6. The van der Waals surface area contributed by atoms with Gasteiger partial charge in [0.05, 0.1) is 0 Å². The summed E-state index contributed by atoms with van der Waals surface area (Å²) < 4.78 is 27.1. The van der Waals surface area contributed by atoms with Crippen LogP contribution in [0.5, 0.6) is 0 Å². The third-order valence-electron chi connectivity index (χ3n) is 2.24. The van der Waals surface area contributed by atoms with Crippen molar-refractivity contribution in [2.24, 2.45) is 5.73 Å². The van der Waals surface area contributed by atoms with Gasteiger partial charge in [-0.05, 0) is 44.4 Å². The van der Waals surface area contributed by atoms with Gasteiger partial charge in [0, 0.05) is 11.1 Å². The Bertz CT molecular complexity index is 330. The zero-order valence-electron chi connectivity index (χ0n) is 9.40. The average Bonchev–Trinajstić information content (AvgIpc) is 2.09. The molecule has 0 atom stereocenters. The highest BCUT2D eigenvalue weighted by Gasteiger charge is 2.18. The lowest BCUT2D eigenvalue weighted by Gasteiger charge is -2.19. The lowest BCUT2D eigenvalue weighted by atomic mass is 9.94. The molecular formula is C12H17F2N. The van der Waals surface area contributed by atoms with Gasteiger partial charge in [0.25, 0.3) is 0 Å². The topological polar surface area (TPSA) is 26.0 Å². The van der Waals surface area contributed by atoms with Crippen LogP contribution < -0.4 is 5.73 Å². The third kappa shape index (κ3) is 3.27. The molecule has 0 fully saturated rings. The standard InChI is InChI=1S/C12H17F2N/c1-4-8-5-10(13)9(11(14)6-8)7-12(2,3)15/h5-6H,4,7,15H2,1-3H3. The molecule has 0 aliphatic carbocycles. The van der Waals surface area contributed by atoms with Crippen molar-refractivity contribution in [3.63, 3.8) is 0 Å². The summed E-state index contributed by atoms with van der Waals surface area (Å²) in [4.78, 5) is 0. The maximum absolute atomic E-state index is 13.5. The SMILES string of the molecule is CCc1cc(F)c(CC(C)(C)N)c(F)c1. The molecule has 0 spiro atoms. The summed E-state index contributed by atoms with van der Waals surface area (Å²) in [6.07, 6.45) is 0.828. The number of benzene rings is 1. The first kappa shape index (κ1) is 12.1. The van der Waals surface area contributed by atoms with Crippen molar-refractivity contribution in [1.29, 1.82) is 0 Å². The van der Waals surface area contributed by atoms with Crippen LogP contribution in [-0.4, -0.2) is 5.54 Å². The van der Waals surface area contributed by atoms with E-state index in [0.717, 1.165) is 0 Å². The highest BCUT2D eigenvalue weighted by molar-refractivity contribution is 5.27. The fourth-order valence-corrected chi connectivity index (χ4v) is 1.48. The van der Waals surface area contributed by atoms with Gasteiger partial charge in [0.2, 0.25) is 0 Å². The summed E-state index contributed by atoms with van der Waals surface area (Å²) in [6.45, 7) is 5.36. The van der Waals surface area contributed by atoms with Crippen molar-refractivity contribution in [2.75, 3.05) is 0 Å². The molecule has 2 N–H and O–H groups in total. The summed E-state index contributed by atoms with van der Waals surface area (Å²) in [5.41, 5.74) is 5.89. The Kier molecular flexibility index (Phi) is 3.45. The van der Waals surface area contributed by atoms with E-state index in [0.29, 0.717) is 12.0 Å². The van der Waals surface area contributed by atoms with E-state index in [4.69, 9.17) is 5.73 Å². The average molecular weight is 213 g/mol. The first-order chi connectivity index (χ1) is 6.83. The van der Waals surface area contributed by atoms with Crippen LogP contribution in [0.25, 0.3) is 0 Å². The van der Waals surface area contributed by atoms with Crippen LogP contribution in [0.2, 0.25) is 0 Å². The van der Waals surface area contributed by atoms with Gasteiger partial charge in [0.15, 0.2) is 0 Å². The minimum absolute atomic E-state index is 0.0831. The molecule has 3 heteroatoms. The normalized spacial score (nSPS) is 11.9. The predicted octanol–water partition coefficient (Wildman–Crippen LogP) is 2.81. The molecule has 0 saturated carbocycles. The van der Waals surface area contributed by atoms with Gasteiger partial charge in [-0.2, -0.15) is 0 Å². The minimum Gasteiger partial charge on any atom is -0.325 e. The lowest BCUT2D eigenvalue weighted by molar-refractivity contribution is 0.472. The molecule has 1 rings (SSSR count). The van der Waals surface area contributed by atoms with E-state index in [1.54, 1.807) is 13.8 Å². The number of hydrogen-bond donors (Lipinski definition) is 1. The van der Waals surface area contributed by atoms with E-state index in [1.165, 1.54) is 12.1 Å². The van der Waals surface area contributed by atoms with E-state index < -0.39 is 17.2 Å². The summed E-state index contributed by atoms with van der Waals surface area (Å²) in [7, 11) is 0. The van der Waals surface area contributed by atoms with Crippen LogP contribution in [0, 0.1) is 11.6 Å². The second-order valence-electron chi connectivity index (χ2n) is 4.56. The number of hydrogen-bond acceptors (Lipinski definition) is 1. The Labute approximate surface area is 89.3 Å². The minimum atomic E-state index is -0.602. The fourth-order valence-electron chi connectivity index (χ4n) is 1.48. The molecular weight excluding hydrogens is 196 g/mol. The van der Waals surface area contributed by atoms with Gasteiger partial charge in [-0.1, -0.05) is 6.92 Å². The van der Waals surface area contributed by atoms with Crippen LogP contribution >= 0.6 is 0 Å². The van der Waals surface area contributed by atoms with Crippen LogP contribution in [0.15, 0.2) is 12.1 Å². The van der Waals surface area contributed by atoms with Gasteiger partial charge < -0.3 is 5.73 Å². The lowest BCUT2D eigenvalue weighted by Crippen LogP contribution is -2.35. The van der Waals surface area contributed by atoms with Crippen LogP contribution in [0.1, 0.15) is 31.9 Å². The summed E-state index contributed by atoms with van der Waals surface area (Å²) >= 11 is 0. The maximum atomic E-state index is 13.5. The number of aryl methyl sites for hydroxylation is 1. The highest BCUT2D eigenvalue weighted by atomic mass is 19.1. The molecule has 84 valence electrons. The molecule has 0 amide bonds.